The lowest BCUT2D eigenvalue weighted by molar-refractivity contribution is -0.161. The number of phosphoric ester groups is 1. The molecule has 12 heteroatoms. The molecule has 0 aromatic carbocycles. The molecule has 0 saturated carbocycles. The Kier molecular flexibility index (Phi) is 23.5. The Morgan fingerprint density at radius 3 is 1.98 bits per heavy atom. The van der Waals surface area contributed by atoms with E-state index in [1.54, 1.807) is 6.92 Å². The molecule has 0 aromatic heterocycles. The van der Waals surface area contributed by atoms with Gasteiger partial charge in [0.15, 0.2) is 6.10 Å². The fourth-order valence-electron chi connectivity index (χ4n) is 3.37. The molecule has 0 aliphatic heterocycles. The molecule has 0 rings (SSSR count). The summed E-state index contributed by atoms with van der Waals surface area (Å²) >= 11 is 0. The normalized spacial score (nSPS) is 14.7. The molecule has 0 bridgehead atoms. The molecular weight excluding hydrogens is 541 g/mol. The summed E-state index contributed by atoms with van der Waals surface area (Å²) in [4.78, 5) is 44.2. The van der Waals surface area contributed by atoms with Gasteiger partial charge in [-0.2, -0.15) is 0 Å². The zero-order valence-corrected chi connectivity index (χ0v) is 25.1. The van der Waals surface area contributed by atoms with Crippen LogP contribution in [0.25, 0.3) is 0 Å². The van der Waals surface area contributed by atoms with Crippen molar-refractivity contribution in [2.75, 3.05) is 19.8 Å². The number of aliphatic carboxylic acids is 1. The van der Waals surface area contributed by atoms with Crippen molar-refractivity contribution >= 4 is 25.7 Å². The van der Waals surface area contributed by atoms with E-state index < -0.39 is 51.1 Å². The van der Waals surface area contributed by atoms with Crippen LogP contribution in [0.5, 0.6) is 0 Å². The molecule has 0 fully saturated rings. The van der Waals surface area contributed by atoms with Gasteiger partial charge in [0.05, 0.1) is 13.2 Å². The van der Waals surface area contributed by atoms with E-state index >= 15 is 0 Å². The van der Waals surface area contributed by atoms with Crippen LogP contribution in [-0.2, 0) is 37.5 Å². The molecular formula is C28H50NO10P. The van der Waals surface area contributed by atoms with Gasteiger partial charge in [0.2, 0.25) is 0 Å². The number of hydrogen-bond acceptors (Lipinski definition) is 9. The smallest absolute Gasteiger partial charge is 0.472 e. The molecule has 11 nitrogen and oxygen atoms in total. The summed E-state index contributed by atoms with van der Waals surface area (Å²) in [7, 11) is -4.68. The van der Waals surface area contributed by atoms with Crippen LogP contribution >= 0.6 is 7.82 Å². The second kappa shape index (κ2) is 24.7. The topological polar surface area (TPSA) is 172 Å². The van der Waals surface area contributed by atoms with Crippen LogP contribution in [0.3, 0.4) is 0 Å². The summed E-state index contributed by atoms with van der Waals surface area (Å²) in [6.45, 7) is 2.09. The van der Waals surface area contributed by atoms with Gasteiger partial charge in [0, 0.05) is 12.8 Å². The fourth-order valence-corrected chi connectivity index (χ4v) is 4.15. The Morgan fingerprint density at radius 2 is 1.38 bits per heavy atom. The Labute approximate surface area is 239 Å². The van der Waals surface area contributed by atoms with Crippen LogP contribution < -0.4 is 5.73 Å². The maximum Gasteiger partial charge on any atom is 0.472 e. The summed E-state index contributed by atoms with van der Waals surface area (Å²) in [6, 6.07) is -1.52. The van der Waals surface area contributed by atoms with E-state index in [-0.39, 0.29) is 19.4 Å². The van der Waals surface area contributed by atoms with Gasteiger partial charge in [-0.05, 0) is 38.5 Å². The second-order valence-corrected chi connectivity index (χ2v) is 10.9. The van der Waals surface area contributed by atoms with E-state index in [0.29, 0.717) is 6.42 Å². The summed E-state index contributed by atoms with van der Waals surface area (Å²) in [5.41, 5.74) is 5.23. The highest BCUT2D eigenvalue weighted by atomic mass is 31.2. The minimum absolute atomic E-state index is 0.0994. The lowest BCUT2D eigenvalue weighted by atomic mass is 10.1. The number of carbonyl (C=O) groups excluding carboxylic acids is 2. The quantitative estimate of drug-likeness (QED) is 0.0495. The monoisotopic (exact) mass is 591 g/mol. The molecule has 0 heterocycles. The first kappa shape index (κ1) is 38.0. The van der Waals surface area contributed by atoms with Crippen LogP contribution in [0.1, 0.15) is 104 Å². The molecule has 40 heavy (non-hydrogen) atoms. The Morgan fingerprint density at radius 1 is 0.800 bits per heavy atom. The molecule has 0 aliphatic carbocycles. The number of nitrogens with two attached hydrogens (primary N) is 1. The van der Waals surface area contributed by atoms with Crippen molar-refractivity contribution in [1.29, 1.82) is 0 Å². The van der Waals surface area contributed by atoms with E-state index in [1.807, 2.05) is 0 Å². The van der Waals surface area contributed by atoms with Gasteiger partial charge in [0.1, 0.15) is 12.6 Å². The van der Waals surface area contributed by atoms with E-state index in [4.69, 9.17) is 24.8 Å². The van der Waals surface area contributed by atoms with Gasteiger partial charge in [-0.1, -0.05) is 76.7 Å². The highest BCUT2D eigenvalue weighted by Gasteiger charge is 2.28. The first-order chi connectivity index (χ1) is 19.1. The summed E-state index contributed by atoms with van der Waals surface area (Å²) in [5, 5.41) is 8.72. The number of unbranched alkanes of at least 4 members (excludes halogenated alkanes) is 9. The summed E-state index contributed by atoms with van der Waals surface area (Å²) < 4.78 is 31.5. The maximum atomic E-state index is 12.3. The summed E-state index contributed by atoms with van der Waals surface area (Å²) in [6.07, 6.45) is 20.9. The van der Waals surface area contributed by atoms with Crippen LogP contribution in [0.15, 0.2) is 24.3 Å². The van der Waals surface area contributed by atoms with Crippen molar-refractivity contribution in [2.45, 2.75) is 116 Å². The van der Waals surface area contributed by atoms with Crippen molar-refractivity contribution < 1.29 is 47.5 Å². The van der Waals surface area contributed by atoms with Crippen molar-refractivity contribution in [3.8, 4) is 0 Å². The minimum Gasteiger partial charge on any atom is -0.480 e. The minimum atomic E-state index is -4.68. The zero-order valence-electron chi connectivity index (χ0n) is 24.2. The highest BCUT2D eigenvalue weighted by Crippen LogP contribution is 2.43. The molecule has 0 aliphatic rings. The van der Waals surface area contributed by atoms with Gasteiger partial charge in [-0.3, -0.25) is 23.4 Å². The van der Waals surface area contributed by atoms with Crippen molar-refractivity contribution in [3.63, 3.8) is 0 Å². The molecule has 0 radical (unpaired) electrons. The molecule has 0 spiro atoms. The predicted molar refractivity (Wildman–Crippen MR) is 152 cm³/mol. The SMILES string of the molecule is CCCCCC/C=C\C/C=C\CCCCCCCC(=O)OC(COC(=O)CC)COP(=O)(O)OCC(N)C(=O)O. The Bertz CT molecular complexity index is 802. The molecule has 232 valence electrons. The van der Waals surface area contributed by atoms with Crippen molar-refractivity contribution in [1.82, 2.24) is 0 Å². The van der Waals surface area contributed by atoms with Gasteiger partial charge in [-0.25, -0.2) is 4.57 Å². The van der Waals surface area contributed by atoms with E-state index in [0.717, 1.165) is 44.9 Å². The van der Waals surface area contributed by atoms with E-state index in [1.165, 1.54) is 25.7 Å². The lowest BCUT2D eigenvalue weighted by Crippen LogP contribution is -2.34. The summed E-state index contributed by atoms with van der Waals surface area (Å²) in [5.74, 6) is -2.51. The standard InChI is InChI=1S/C28H50NO10P/c1-3-5-6-7-8-9-10-11-12-13-14-15-16-17-18-19-20-27(31)39-24(21-36-26(30)4-2)22-37-40(34,35)38-23-25(29)28(32)33/h9-10,12-13,24-25H,3-8,11,14-23,29H2,1-2H3,(H,32,33)(H,34,35)/b10-9-,13-12-. The number of carboxylic acid groups (broad SMARTS) is 1. The number of allylic oxidation sites excluding steroid dienone is 4. The highest BCUT2D eigenvalue weighted by molar-refractivity contribution is 7.47. The molecule has 0 amide bonds. The molecule has 4 N–H and O–H groups in total. The van der Waals surface area contributed by atoms with Crippen LogP contribution in [-0.4, -0.2) is 59.9 Å². The molecule has 3 atom stereocenters. The van der Waals surface area contributed by atoms with Gasteiger partial charge in [-0.15, -0.1) is 0 Å². The maximum absolute atomic E-state index is 12.3. The number of rotatable bonds is 26. The Hall–Kier alpha value is -2.04. The number of carbonyl (C=O) groups is 3. The van der Waals surface area contributed by atoms with Gasteiger partial charge in [0.25, 0.3) is 0 Å². The molecule has 3 unspecified atom stereocenters. The number of esters is 2. The van der Waals surface area contributed by atoms with E-state index in [9.17, 15) is 23.8 Å². The van der Waals surface area contributed by atoms with Crippen LogP contribution in [0.4, 0.5) is 0 Å². The third kappa shape index (κ3) is 23.8. The van der Waals surface area contributed by atoms with Crippen LogP contribution in [0.2, 0.25) is 0 Å². The number of ether oxygens (including phenoxy) is 2. The average Bonchev–Trinajstić information content (AvgIpc) is 2.92. The van der Waals surface area contributed by atoms with Crippen molar-refractivity contribution in [2.24, 2.45) is 5.73 Å². The van der Waals surface area contributed by atoms with Gasteiger partial charge < -0.3 is 25.2 Å². The Balaban J connectivity index is 4.19. The molecule has 0 aromatic rings. The number of phosphoric acid groups is 1. The number of carboxylic acids is 1. The molecule has 0 saturated heterocycles. The number of hydrogen-bond donors (Lipinski definition) is 3. The third-order valence-corrected chi connectivity index (χ3v) is 6.71. The van der Waals surface area contributed by atoms with Crippen LogP contribution in [0, 0.1) is 0 Å². The van der Waals surface area contributed by atoms with E-state index in [2.05, 4.69) is 35.8 Å². The largest absolute Gasteiger partial charge is 0.480 e. The van der Waals surface area contributed by atoms with Gasteiger partial charge >= 0.3 is 25.7 Å². The fraction of sp³-hybridized carbons (Fsp3) is 0.750. The third-order valence-electron chi connectivity index (χ3n) is 5.76. The first-order valence-corrected chi connectivity index (χ1v) is 15.9. The van der Waals surface area contributed by atoms with Crippen molar-refractivity contribution in [3.05, 3.63) is 24.3 Å². The first-order valence-electron chi connectivity index (χ1n) is 14.4. The average molecular weight is 592 g/mol. The zero-order chi connectivity index (χ0) is 30.1. The predicted octanol–water partition coefficient (Wildman–Crippen LogP) is 5.60. The lowest BCUT2D eigenvalue weighted by Gasteiger charge is -2.20. The second-order valence-electron chi connectivity index (χ2n) is 9.49.